The van der Waals surface area contributed by atoms with Crippen LogP contribution in [0.3, 0.4) is 0 Å². The highest BCUT2D eigenvalue weighted by Gasteiger charge is 2.15. The van der Waals surface area contributed by atoms with Crippen molar-refractivity contribution in [1.82, 2.24) is 10.3 Å². The minimum absolute atomic E-state index is 0.160. The summed E-state index contributed by atoms with van der Waals surface area (Å²) in [7, 11) is 5.60. The highest BCUT2D eigenvalue weighted by molar-refractivity contribution is 7.15. The molecule has 114 valence electrons. The molecule has 4 nitrogen and oxygen atoms in total. The van der Waals surface area contributed by atoms with Gasteiger partial charge in [-0.25, -0.2) is 0 Å². The summed E-state index contributed by atoms with van der Waals surface area (Å²) >= 11 is 7.85. The van der Waals surface area contributed by atoms with Crippen molar-refractivity contribution >= 4 is 28.1 Å². The lowest BCUT2D eigenvalue weighted by atomic mass is 10.1. The molecule has 0 saturated heterocycles. The molecule has 1 aromatic carbocycles. The van der Waals surface area contributed by atoms with Gasteiger partial charge in [0.2, 0.25) is 5.88 Å². The van der Waals surface area contributed by atoms with Crippen LogP contribution in [0.1, 0.15) is 23.4 Å². The molecule has 6 heteroatoms. The molecule has 1 heterocycles. The number of nitrogens with zero attached hydrogens (tertiary/aromatic N) is 2. The summed E-state index contributed by atoms with van der Waals surface area (Å²) in [4.78, 5) is 7.52. The maximum atomic E-state index is 6.22. The first kappa shape index (κ1) is 16.1. The number of aromatic nitrogens is 1. The quantitative estimate of drug-likeness (QED) is 0.878. The fourth-order valence-corrected chi connectivity index (χ4v) is 3.17. The second kappa shape index (κ2) is 7.11. The molecule has 1 N–H and O–H groups in total. The van der Waals surface area contributed by atoms with Crippen LogP contribution in [-0.4, -0.2) is 26.2 Å². The number of ether oxygens (including phenoxy) is 1. The molecule has 0 aliphatic rings. The van der Waals surface area contributed by atoms with Gasteiger partial charge in [-0.2, -0.15) is 4.98 Å². The van der Waals surface area contributed by atoms with Crippen molar-refractivity contribution in [3.8, 4) is 5.88 Å². The van der Waals surface area contributed by atoms with Gasteiger partial charge in [0, 0.05) is 31.7 Å². The highest BCUT2D eigenvalue weighted by atomic mass is 35.5. The fraction of sp³-hybridized carbons (Fsp3) is 0.400. The molecular weight excluding hydrogens is 306 g/mol. The van der Waals surface area contributed by atoms with Crippen LogP contribution in [0, 0.1) is 0 Å². The third-order valence-electron chi connectivity index (χ3n) is 3.17. The summed E-state index contributed by atoms with van der Waals surface area (Å²) in [6.45, 7) is 2.79. The molecule has 1 aromatic heterocycles. The molecule has 0 saturated carbocycles. The van der Waals surface area contributed by atoms with Gasteiger partial charge in [0.05, 0.1) is 12.0 Å². The second-order valence-corrected chi connectivity index (χ2v) is 6.42. The van der Waals surface area contributed by atoms with Crippen molar-refractivity contribution in [2.45, 2.75) is 19.5 Å². The lowest BCUT2D eigenvalue weighted by molar-refractivity contribution is 0.393. The van der Waals surface area contributed by atoms with Crippen LogP contribution in [0.15, 0.2) is 24.3 Å². The number of hydrogen-bond donors (Lipinski definition) is 1. The minimum Gasteiger partial charge on any atom is -0.480 e. The molecule has 21 heavy (non-hydrogen) atoms. The SMILES string of the molecule is COc1nc(N(C)C)sc1CN[C@@H](C)c1ccccc1Cl. The van der Waals surface area contributed by atoms with Crippen LogP contribution in [0.25, 0.3) is 0 Å². The molecule has 0 spiro atoms. The number of anilines is 1. The van der Waals surface area contributed by atoms with Gasteiger partial charge in [-0.1, -0.05) is 41.1 Å². The summed E-state index contributed by atoms with van der Waals surface area (Å²) in [5, 5.41) is 5.19. The maximum absolute atomic E-state index is 6.22. The fourth-order valence-electron chi connectivity index (χ4n) is 1.97. The van der Waals surface area contributed by atoms with E-state index < -0.39 is 0 Å². The summed E-state index contributed by atoms with van der Waals surface area (Å²) in [6.07, 6.45) is 0. The Bertz CT molecular complexity index is 600. The first-order chi connectivity index (χ1) is 10.0. The number of halogens is 1. The average Bonchev–Trinajstić information content (AvgIpc) is 2.88. The Kier molecular flexibility index (Phi) is 5.45. The van der Waals surface area contributed by atoms with E-state index >= 15 is 0 Å². The van der Waals surface area contributed by atoms with E-state index in [2.05, 4.69) is 17.2 Å². The van der Waals surface area contributed by atoms with Gasteiger partial charge in [-0.05, 0) is 18.6 Å². The largest absolute Gasteiger partial charge is 0.480 e. The van der Waals surface area contributed by atoms with E-state index in [4.69, 9.17) is 16.3 Å². The van der Waals surface area contributed by atoms with E-state index in [1.54, 1.807) is 18.4 Å². The van der Waals surface area contributed by atoms with Crippen LogP contribution < -0.4 is 15.0 Å². The summed E-state index contributed by atoms with van der Waals surface area (Å²) in [6, 6.07) is 8.04. The van der Waals surface area contributed by atoms with Crippen molar-refractivity contribution in [2.24, 2.45) is 0 Å². The number of methoxy groups -OCH3 is 1. The Morgan fingerprint density at radius 1 is 1.38 bits per heavy atom. The van der Waals surface area contributed by atoms with Crippen molar-refractivity contribution in [3.05, 3.63) is 39.7 Å². The smallest absolute Gasteiger partial charge is 0.230 e. The number of thiazole rings is 1. The molecule has 1 atom stereocenters. The van der Waals surface area contributed by atoms with E-state index in [1.807, 2.05) is 43.3 Å². The molecule has 0 fully saturated rings. The van der Waals surface area contributed by atoms with E-state index in [0.29, 0.717) is 12.4 Å². The molecule has 0 aliphatic carbocycles. The van der Waals surface area contributed by atoms with Gasteiger partial charge in [0.25, 0.3) is 0 Å². The van der Waals surface area contributed by atoms with E-state index in [9.17, 15) is 0 Å². The van der Waals surface area contributed by atoms with Crippen LogP contribution in [0.4, 0.5) is 5.13 Å². The summed E-state index contributed by atoms with van der Waals surface area (Å²) in [5.74, 6) is 0.683. The highest BCUT2D eigenvalue weighted by Crippen LogP contribution is 2.31. The molecule has 2 rings (SSSR count). The van der Waals surface area contributed by atoms with Crippen molar-refractivity contribution < 1.29 is 4.74 Å². The zero-order valence-electron chi connectivity index (χ0n) is 12.7. The maximum Gasteiger partial charge on any atom is 0.230 e. The third-order valence-corrected chi connectivity index (χ3v) is 4.72. The lowest BCUT2D eigenvalue weighted by Gasteiger charge is -2.15. The number of hydrogen-bond acceptors (Lipinski definition) is 5. The van der Waals surface area contributed by atoms with Gasteiger partial charge in [0.15, 0.2) is 5.13 Å². The minimum atomic E-state index is 0.160. The van der Waals surface area contributed by atoms with E-state index in [1.165, 1.54) is 0 Å². The first-order valence-corrected chi connectivity index (χ1v) is 7.91. The molecule has 0 radical (unpaired) electrons. The van der Waals surface area contributed by atoms with Crippen LogP contribution in [-0.2, 0) is 6.54 Å². The average molecular weight is 326 g/mol. The molecule has 2 aromatic rings. The van der Waals surface area contributed by atoms with E-state index in [-0.39, 0.29) is 6.04 Å². The molecule has 0 bridgehead atoms. The van der Waals surface area contributed by atoms with Gasteiger partial charge in [-0.3, -0.25) is 0 Å². The van der Waals surface area contributed by atoms with Gasteiger partial charge in [-0.15, -0.1) is 0 Å². The Balaban J connectivity index is 2.07. The summed E-state index contributed by atoms with van der Waals surface area (Å²) in [5.41, 5.74) is 1.09. The topological polar surface area (TPSA) is 37.4 Å². The standard InChI is InChI=1S/C15H20ClN3OS/c1-10(11-7-5-6-8-12(11)16)17-9-13-14(20-4)18-15(21-13)19(2)3/h5-8,10,17H,9H2,1-4H3/t10-/m0/s1. The number of nitrogens with one attached hydrogen (secondary N) is 1. The van der Waals surface area contributed by atoms with Gasteiger partial charge < -0.3 is 15.0 Å². The van der Waals surface area contributed by atoms with Crippen molar-refractivity contribution in [1.29, 1.82) is 0 Å². The van der Waals surface area contributed by atoms with Gasteiger partial charge in [0.1, 0.15) is 0 Å². The first-order valence-electron chi connectivity index (χ1n) is 6.71. The lowest BCUT2D eigenvalue weighted by Crippen LogP contribution is -2.18. The predicted octanol–water partition coefficient (Wildman–Crippen LogP) is 3.72. The number of rotatable bonds is 6. The molecule has 0 unspecified atom stereocenters. The zero-order chi connectivity index (χ0) is 15.4. The number of benzene rings is 1. The van der Waals surface area contributed by atoms with Crippen LogP contribution in [0.2, 0.25) is 5.02 Å². The Hall–Kier alpha value is -1.30. The Labute approximate surface area is 134 Å². The molecule has 0 amide bonds. The van der Waals surface area contributed by atoms with Crippen LogP contribution in [0.5, 0.6) is 5.88 Å². The Morgan fingerprint density at radius 3 is 2.71 bits per heavy atom. The van der Waals surface area contributed by atoms with Crippen molar-refractivity contribution in [2.75, 3.05) is 26.1 Å². The Morgan fingerprint density at radius 2 is 2.10 bits per heavy atom. The molecule has 0 aliphatic heterocycles. The predicted molar refractivity (Wildman–Crippen MR) is 89.7 cm³/mol. The van der Waals surface area contributed by atoms with Crippen molar-refractivity contribution in [3.63, 3.8) is 0 Å². The van der Waals surface area contributed by atoms with E-state index in [0.717, 1.165) is 20.6 Å². The third kappa shape index (κ3) is 3.87. The molecular formula is C15H20ClN3OS. The van der Waals surface area contributed by atoms with Crippen LogP contribution >= 0.6 is 22.9 Å². The second-order valence-electron chi connectivity index (χ2n) is 4.95. The summed E-state index contributed by atoms with van der Waals surface area (Å²) < 4.78 is 5.34. The normalized spacial score (nSPS) is 12.2. The van der Waals surface area contributed by atoms with Gasteiger partial charge >= 0.3 is 0 Å². The zero-order valence-corrected chi connectivity index (χ0v) is 14.3. The monoisotopic (exact) mass is 325 g/mol.